The molecule has 0 atom stereocenters. The number of hydrogen-bond acceptors (Lipinski definition) is 5. The molecule has 0 radical (unpaired) electrons. The Balaban J connectivity index is 1.45. The van der Waals surface area contributed by atoms with Gasteiger partial charge < -0.3 is 4.52 Å². The van der Waals surface area contributed by atoms with E-state index in [1.54, 1.807) is 0 Å². The highest BCUT2D eigenvalue weighted by Crippen LogP contribution is 2.11. The fourth-order valence-corrected chi connectivity index (χ4v) is 2.94. The molecular weight excluding hydrogens is 288 g/mol. The van der Waals surface area contributed by atoms with Crippen molar-refractivity contribution < 1.29 is 4.52 Å². The summed E-state index contributed by atoms with van der Waals surface area (Å²) < 4.78 is 5.37. The minimum Gasteiger partial charge on any atom is -0.338 e. The Bertz CT molecular complexity index is 588. The lowest BCUT2D eigenvalue weighted by Gasteiger charge is -2.33. The highest BCUT2D eigenvalue weighted by atomic mass is 16.5. The van der Waals surface area contributed by atoms with E-state index in [0.29, 0.717) is 5.92 Å². The Kier molecular flexibility index (Phi) is 5.41. The second kappa shape index (κ2) is 7.70. The molecule has 0 spiro atoms. The van der Waals surface area contributed by atoms with Gasteiger partial charge in [0.2, 0.25) is 5.89 Å². The minimum atomic E-state index is 0.557. The largest absolute Gasteiger partial charge is 0.338 e. The number of benzene rings is 1. The zero-order valence-electron chi connectivity index (χ0n) is 14.1. The number of piperazine rings is 1. The summed E-state index contributed by atoms with van der Waals surface area (Å²) in [5.41, 5.74) is 1.39. The van der Waals surface area contributed by atoms with Crippen molar-refractivity contribution >= 4 is 0 Å². The van der Waals surface area contributed by atoms with Crippen LogP contribution in [0.5, 0.6) is 0 Å². The lowest BCUT2D eigenvalue weighted by molar-refractivity contribution is 0.112. The Morgan fingerprint density at radius 3 is 2.30 bits per heavy atom. The minimum absolute atomic E-state index is 0.557. The van der Waals surface area contributed by atoms with Gasteiger partial charge in [-0.3, -0.25) is 9.80 Å². The van der Waals surface area contributed by atoms with Gasteiger partial charge in [-0.15, -0.1) is 0 Å². The first kappa shape index (κ1) is 16.1. The molecule has 1 aliphatic rings. The third kappa shape index (κ3) is 4.88. The summed E-state index contributed by atoms with van der Waals surface area (Å²) in [5.74, 6) is 2.14. The van der Waals surface area contributed by atoms with E-state index in [2.05, 4.69) is 64.1 Å². The Morgan fingerprint density at radius 2 is 1.65 bits per heavy atom. The average Bonchev–Trinajstić information content (AvgIpc) is 2.96. The molecule has 2 aromatic rings. The molecule has 0 saturated carbocycles. The summed E-state index contributed by atoms with van der Waals surface area (Å²) in [4.78, 5) is 9.40. The van der Waals surface area contributed by atoms with Crippen LogP contribution in [0.3, 0.4) is 0 Å². The first-order chi connectivity index (χ1) is 11.2. The maximum Gasteiger partial charge on any atom is 0.240 e. The molecular formula is C18H26N4O. The van der Waals surface area contributed by atoms with E-state index < -0.39 is 0 Å². The second-order valence-corrected chi connectivity index (χ2v) is 6.74. The van der Waals surface area contributed by atoms with E-state index in [0.717, 1.165) is 57.4 Å². The van der Waals surface area contributed by atoms with Crippen LogP contribution in [0.25, 0.3) is 0 Å². The van der Waals surface area contributed by atoms with Gasteiger partial charge in [0.15, 0.2) is 5.82 Å². The van der Waals surface area contributed by atoms with Gasteiger partial charge in [-0.05, 0) is 11.5 Å². The number of aromatic nitrogens is 2. The number of hydrogen-bond donors (Lipinski definition) is 0. The molecule has 1 saturated heterocycles. The second-order valence-electron chi connectivity index (χ2n) is 6.74. The molecule has 2 heterocycles. The Morgan fingerprint density at radius 1 is 1.00 bits per heavy atom. The summed E-state index contributed by atoms with van der Waals surface area (Å²) in [6, 6.07) is 10.7. The standard InChI is InChI=1S/C18H26N4O/c1-15(2)12-17-19-18(23-20-17)14-22-10-8-21(9-11-22)13-16-6-4-3-5-7-16/h3-7,15H,8-14H2,1-2H3. The van der Waals surface area contributed by atoms with Crippen LogP contribution in [0.2, 0.25) is 0 Å². The van der Waals surface area contributed by atoms with Crippen molar-refractivity contribution in [2.45, 2.75) is 33.4 Å². The van der Waals surface area contributed by atoms with Crippen molar-refractivity contribution in [2.24, 2.45) is 5.92 Å². The van der Waals surface area contributed by atoms with Crippen molar-refractivity contribution in [2.75, 3.05) is 26.2 Å². The molecule has 23 heavy (non-hydrogen) atoms. The number of rotatable bonds is 6. The van der Waals surface area contributed by atoms with Gasteiger partial charge in [-0.2, -0.15) is 4.98 Å². The molecule has 0 amide bonds. The maximum atomic E-state index is 5.37. The number of nitrogens with zero attached hydrogens (tertiary/aromatic N) is 4. The van der Waals surface area contributed by atoms with Crippen LogP contribution in [-0.2, 0) is 19.5 Å². The van der Waals surface area contributed by atoms with Crippen LogP contribution in [0.1, 0.15) is 31.1 Å². The van der Waals surface area contributed by atoms with E-state index >= 15 is 0 Å². The summed E-state index contributed by atoms with van der Waals surface area (Å²) in [5, 5.41) is 4.07. The predicted octanol–water partition coefficient (Wildman–Crippen LogP) is 2.59. The van der Waals surface area contributed by atoms with E-state index in [1.165, 1.54) is 5.56 Å². The molecule has 1 fully saturated rings. The van der Waals surface area contributed by atoms with Gasteiger partial charge >= 0.3 is 0 Å². The van der Waals surface area contributed by atoms with Crippen LogP contribution in [0.15, 0.2) is 34.9 Å². The van der Waals surface area contributed by atoms with Crippen molar-refractivity contribution in [3.05, 3.63) is 47.6 Å². The van der Waals surface area contributed by atoms with Gasteiger partial charge in [0.25, 0.3) is 0 Å². The van der Waals surface area contributed by atoms with Crippen LogP contribution in [0.4, 0.5) is 0 Å². The van der Waals surface area contributed by atoms with Crippen molar-refractivity contribution in [1.29, 1.82) is 0 Å². The molecule has 0 bridgehead atoms. The molecule has 5 nitrogen and oxygen atoms in total. The lowest BCUT2D eigenvalue weighted by Crippen LogP contribution is -2.45. The highest BCUT2D eigenvalue weighted by Gasteiger charge is 2.19. The van der Waals surface area contributed by atoms with E-state index in [-0.39, 0.29) is 0 Å². The predicted molar refractivity (Wildman–Crippen MR) is 89.8 cm³/mol. The molecule has 0 unspecified atom stereocenters. The van der Waals surface area contributed by atoms with Crippen LogP contribution < -0.4 is 0 Å². The lowest BCUT2D eigenvalue weighted by atomic mass is 10.1. The van der Waals surface area contributed by atoms with Gasteiger partial charge in [-0.1, -0.05) is 49.3 Å². The van der Waals surface area contributed by atoms with Gasteiger partial charge in [0.1, 0.15) is 0 Å². The maximum absolute atomic E-state index is 5.37. The molecule has 1 aromatic carbocycles. The molecule has 1 aliphatic heterocycles. The fraction of sp³-hybridized carbons (Fsp3) is 0.556. The topological polar surface area (TPSA) is 45.4 Å². The molecule has 0 N–H and O–H groups in total. The molecule has 124 valence electrons. The molecule has 3 rings (SSSR count). The summed E-state index contributed by atoms with van der Waals surface area (Å²) in [6.07, 6.45) is 0.883. The normalized spacial score (nSPS) is 17.0. The monoisotopic (exact) mass is 314 g/mol. The third-order valence-electron chi connectivity index (χ3n) is 4.17. The Hall–Kier alpha value is -1.72. The van der Waals surface area contributed by atoms with Crippen LogP contribution in [0, 0.1) is 5.92 Å². The van der Waals surface area contributed by atoms with Crippen molar-refractivity contribution in [1.82, 2.24) is 19.9 Å². The van der Waals surface area contributed by atoms with E-state index in [1.807, 2.05) is 0 Å². The zero-order valence-corrected chi connectivity index (χ0v) is 14.1. The summed E-state index contributed by atoms with van der Waals surface area (Å²) in [6.45, 7) is 10.4. The average molecular weight is 314 g/mol. The van der Waals surface area contributed by atoms with Gasteiger partial charge in [0.05, 0.1) is 6.54 Å². The van der Waals surface area contributed by atoms with Gasteiger partial charge in [0, 0.05) is 39.1 Å². The molecule has 5 heteroatoms. The van der Waals surface area contributed by atoms with E-state index in [9.17, 15) is 0 Å². The SMILES string of the molecule is CC(C)Cc1noc(CN2CCN(Cc3ccccc3)CC2)n1. The summed E-state index contributed by atoms with van der Waals surface area (Å²) in [7, 11) is 0. The smallest absolute Gasteiger partial charge is 0.240 e. The van der Waals surface area contributed by atoms with E-state index in [4.69, 9.17) is 4.52 Å². The molecule has 1 aromatic heterocycles. The molecule has 0 aliphatic carbocycles. The van der Waals surface area contributed by atoms with Crippen LogP contribution in [-0.4, -0.2) is 46.1 Å². The van der Waals surface area contributed by atoms with Crippen molar-refractivity contribution in [3.63, 3.8) is 0 Å². The first-order valence-electron chi connectivity index (χ1n) is 8.49. The quantitative estimate of drug-likeness (QED) is 0.820. The Labute approximate surface area is 138 Å². The van der Waals surface area contributed by atoms with Crippen LogP contribution >= 0.6 is 0 Å². The first-order valence-corrected chi connectivity index (χ1v) is 8.49. The van der Waals surface area contributed by atoms with Gasteiger partial charge in [-0.25, -0.2) is 0 Å². The van der Waals surface area contributed by atoms with Crippen molar-refractivity contribution in [3.8, 4) is 0 Å². The third-order valence-corrected chi connectivity index (χ3v) is 4.17. The zero-order chi connectivity index (χ0) is 16.1. The summed E-state index contributed by atoms with van der Waals surface area (Å²) >= 11 is 0. The highest BCUT2D eigenvalue weighted by molar-refractivity contribution is 5.14. The fourth-order valence-electron chi connectivity index (χ4n) is 2.94.